The van der Waals surface area contributed by atoms with Crippen molar-refractivity contribution in [1.29, 1.82) is 0 Å². The minimum atomic E-state index is 0.0546. The number of hydrogen-bond acceptors (Lipinski definition) is 4. The lowest BCUT2D eigenvalue weighted by Crippen LogP contribution is -2.43. The third-order valence-corrected chi connectivity index (χ3v) is 5.88. The molecule has 2 amide bonds. The van der Waals surface area contributed by atoms with Crippen LogP contribution < -0.4 is 0 Å². The quantitative estimate of drug-likeness (QED) is 0.767. The van der Waals surface area contributed by atoms with Crippen molar-refractivity contribution in [2.24, 2.45) is 5.41 Å². The van der Waals surface area contributed by atoms with E-state index in [2.05, 4.69) is 0 Å². The molecular weight excluding hydrogens is 324 g/mol. The third-order valence-electron chi connectivity index (χ3n) is 5.04. The summed E-state index contributed by atoms with van der Waals surface area (Å²) in [6.07, 6.45) is 5.96. The van der Waals surface area contributed by atoms with Crippen LogP contribution in [0.15, 0.2) is 23.6 Å². The van der Waals surface area contributed by atoms with Gasteiger partial charge in [-0.1, -0.05) is 6.07 Å². The van der Waals surface area contributed by atoms with E-state index < -0.39 is 0 Å². The van der Waals surface area contributed by atoms with Crippen molar-refractivity contribution in [1.82, 2.24) is 9.80 Å². The number of methoxy groups -OCH3 is 1. The Hall–Kier alpha value is -1.66. The molecule has 0 bridgehead atoms. The first-order valence-electron chi connectivity index (χ1n) is 8.39. The van der Waals surface area contributed by atoms with Crippen LogP contribution in [-0.2, 0) is 14.3 Å². The molecule has 6 heteroatoms. The number of likely N-dealkylation sites (tertiary alicyclic amines) is 2. The van der Waals surface area contributed by atoms with Crippen molar-refractivity contribution >= 4 is 29.2 Å². The Labute approximate surface area is 146 Å². The Kier molecular flexibility index (Phi) is 5.36. The van der Waals surface area contributed by atoms with Crippen LogP contribution in [0.5, 0.6) is 0 Å². The fourth-order valence-electron chi connectivity index (χ4n) is 3.57. The lowest BCUT2D eigenvalue weighted by atomic mass is 9.77. The largest absolute Gasteiger partial charge is 0.383 e. The van der Waals surface area contributed by atoms with Crippen molar-refractivity contribution in [3.05, 3.63) is 28.5 Å². The van der Waals surface area contributed by atoms with Gasteiger partial charge in [0.1, 0.15) is 0 Å². The first kappa shape index (κ1) is 17.2. The zero-order valence-electron chi connectivity index (χ0n) is 14.1. The molecule has 0 unspecified atom stereocenters. The highest BCUT2D eigenvalue weighted by Crippen LogP contribution is 2.40. The molecule has 3 heterocycles. The molecule has 0 atom stereocenters. The first-order valence-corrected chi connectivity index (χ1v) is 9.27. The van der Waals surface area contributed by atoms with E-state index in [4.69, 9.17) is 4.74 Å². The normalized spacial score (nSPS) is 20.5. The summed E-state index contributed by atoms with van der Waals surface area (Å²) in [6.45, 7) is 3.53. The van der Waals surface area contributed by atoms with E-state index in [0.717, 1.165) is 37.4 Å². The van der Waals surface area contributed by atoms with E-state index >= 15 is 0 Å². The fraction of sp³-hybridized carbons (Fsp3) is 0.556. The number of nitrogens with zero attached hydrogens (tertiary/aromatic N) is 2. The SMILES string of the molecule is COCCN1CC2(CCN(C(=O)/C=C/c3cccs3)CC2)CC1=O. The van der Waals surface area contributed by atoms with Crippen molar-refractivity contribution in [2.45, 2.75) is 19.3 Å². The van der Waals surface area contributed by atoms with Crippen LogP contribution in [0.4, 0.5) is 0 Å². The molecule has 0 saturated carbocycles. The number of rotatable bonds is 5. The van der Waals surface area contributed by atoms with Crippen molar-refractivity contribution < 1.29 is 14.3 Å². The summed E-state index contributed by atoms with van der Waals surface area (Å²) < 4.78 is 5.08. The van der Waals surface area contributed by atoms with Gasteiger partial charge in [-0.15, -0.1) is 11.3 Å². The average Bonchev–Trinajstić information content (AvgIpc) is 3.20. The molecule has 130 valence electrons. The highest BCUT2D eigenvalue weighted by Gasteiger charge is 2.44. The zero-order valence-corrected chi connectivity index (χ0v) is 14.9. The molecule has 2 saturated heterocycles. The second kappa shape index (κ2) is 7.49. The molecule has 2 aliphatic rings. The van der Waals surface area contributed by atoms with E-state index in [1.165, 1.54) is 0 Å². The van der Waals surface area contributed by atoms with Crippen LogP contribution in [0.2, 0.25) is 0 Å². The Morgan fingerprint density at radius 3 is 2.88 bits per heavy atom. The molecule has 2 aliphatic heterocycles. The van der Waals surface area contributed by atoms with Gasteiger partial charge in [0.25, 0.3) is 0 Å². The van der Waals surface area contributed by atoms with Gasteiger partial charge >= 0.3 is 0 Å². The highest BCUT2D eigenvalue weighted by atomic mass is 32.1. The molecule has 2 fully saturated rings. The van der Waals surface area contributed by atoms with Crippen LogP contribution in [-0.4, -0.2) is 61.5 Å². The van der Waals surface area contributed by atoms with Crippen molar-refractivity contribution in [2.75, 3.05) is 39.9 Å². The van der Waals surface area contributed by atoms with Gasteiger partial charge in [-0.25, -0.2) is 0 Å². The maximum absolute atomic E-state index is 12.3. The maximum Gasteiger partial charge on any atom is 0.246 e. The van der Waals surface area contributed by atoms with Crippen LogP contribution >= 0.6 is 11.3 Å². The maximum atomic E-state index is 12.3. The molecule has 1 aromatic heterocycles. The molecular formula is C18H24N2O3S. The van der Waals surface area contributed by atoms with Gasteiger partial charge in [0.2, 0.25) is 11.8 Å². The van der Waals surface area contributed by atoms with Crippen molar-refractivity contribution in [3.8, 4) is 0 Å². The molecule has 1 spiro atoms. The van der Waals surface area contributed by atoms with Gasteiger partial charge in [0, 0.05) is 56.1 Å². The predicted octanol–water partition coefficient (Wildman–Crippen LogP) is 2.25. The molecule has 0 aromatic carbocycles. The van der Waals surface area contributed by atoms with E-state index in [1.54, 1.807) is 24.5 Å². The minimum Gasteiger partial charge on any atom is -0.383 e. The topological polar surface area (TPSA) is 49.9 Å². The number of ether oxygens (including phenoxy) is 1. The Morgan fingerprint density at radius 1 is 1.42 bits per heavy atom. The van der Waals surface area contributed by atoms with Gasteiger partial charge in [0.05, 0.1) is 6.61 Å². The smallest absolute Gasteiger partial charge is 0.246 e. The Bertz CT molecular complexity index is 604. The summed E-state index contributed by atoms with van der Waals surface area (Å²) >= 11 is 1.62. The van der Waals surface area contributed by atoms with Gasteiger partial charge in [-0.05, 0) is 30.4 Å². The molecule has 5 nitrogen and oxygen atoms in total. The molecule has 0 radical (unpaired) electrons. The predicted molar refractivity (Wildman–Crippen MR) is 94.7 cm³/mol. The van der Waals surface area contributed by atoms with Gasteiger partial charge in [-0.3, -0.25) is 9.59 Å². The summed E-state index contributed by atoms with van der Waals surface area (Å²) in [5.74, 6) is 0.295. The standard InChI is InChI=1S/C18H24N2O3S/c1-23-11-10-20-14-18(13-17(20)22)6-8-19(9-7-18)16(21)5-4-15-3-2-12-24-15/h2-5,12H,6-11,13-14H2,1H3/b5-4+. The van der Waals surface area contributed by atoms with Crippen LogP contribution in [0.3, 0.4) is 0 Å². The number of hydrogen-bond donors (Lipinski definition) is 0. The third kappa shape index (κ3) is 3.87. The lowest BCUT2D eigenvalue weighted by Gasteiger charge is -2.38. The number of thiophene rings is 1. The van der Waals surface area contributed by atoms with Gasteiger partial charge in [-0.2, -0.15) is 0 Å². The number of carbonyl (C=O) groups excluding carboxylic acids is 2. The number of piperidine rings is 1. The summed E-state index contributed by atoms with van der Waals surface area (Å²) in [4.78, 5) is 29.4. The van der Waals surface area contributed by atoms with Crippen molar-refractivity contribution in [3.63, 3.8) is 0 Å². The van der Waals surface area contributed by atoms with Crippen LogP contribution in [0.25, 0.3) is 6.08 Å². The van der Waals surface area contributed by atoms with E-state index in [-0.39, 0.29) is 17.2 Å². The van der Waals surface area contributed by atoms with Crippen LogP contribution in [0.1, 0.15) is 24.1 Å². The highest BCUT2D eigenvalue weighted by molar-refractivity contribution is 7.10. The van der Waals surface area contributed by atoms with Gasteiger partial charge in [0.15, 0.2) is 0 Å². The van der Waals surface area contributed by atoms with Crippen LogP contribution in [0, 0.1) is 5.41 Å². The molecule has 0 N–H and O–H groups in total. The van der Waals surface area contributed by atoms with E-state index in [1.807, 2.05) is 33.4 Å². The monoisotopic (exact) mass is 348 g/mol. The molecule has 24 heavy (non-hydrogen) atoms. The first-order chi connectivity index (χ1) is 11.6. The zero-order chi connectivity index (χ0) is 17.0. The summed E-state index contributed by atoms with van der Waals surface area (Å²) in [5.41, 5.74) is 0.0546. The summed E-state index contributed by atoms with van der Waals surface area (Å²) in [5, 5.41) is 2.00. The summed E-state index contributed by atoms with van der Waals surface area (Å²) in [6, 6.07) is 3.98. The Balaban J connectivity index is 1.52. The second-order valence-corrected chi connectivity index (χ2v) is 7.64. The molecule has 0 aliphatic carbocycles. The van der Waals surface area contributed by atoms with E-state index in [0.29, 0.717) is 19.6 Å². The number of amides is 2. The fourth-order valence-corrected chi connectivity index (χ4v) is 4.19. The van der Waals surface area contributed by atoms with Gasteiger partial charge < -0.3 is 14.5 Å². The average molecular weight is 348 g/mol. The molecule has 1 aromatic rings. The lowest BCUT2D eigenvalue weighted by molar-refractivity contribution is -0.128. The number of carbonyl (C=O) groups is 2. The Morgan fingerprint density at radius 2 is 2.21 bits per heavy atom. The van der Waals surface area contributed by atoms with E-state index in [9.17, 15) is 9.59 Å². The second-order valence-electron chi connectivity index (χ2n) is 6.66. The minimum absolute atomic E-state index is 0.0546. The summed E-state index contributed by atoms with van der Waals surface area (Å²) in [7, 11) is 1.66. The molecule has 3 rings (SSSR count).